The van der Waals surface area contributed by atoms with Crippen molar-refractivity contribution in [2.75, 3.05) is 19.8 Å². The van der Waals surface area contributed by atoms with Gasteiger partial charge in [0.05, 0.1) is 35.5 Å². The average Bonchev–Trinajstić information content (AvgIpc) is 2.82. The number of nitrogens with zero attached hydrogens (tertiary/aromatic N) is 1. The van der Waals surface area contributed by atoms with E-state index in [1.165, 1.54) is 18.3 Å². The van der Waals surface area contributed by atoms with E-state index in [1.54, 1.807) is 10.6 Å². The maximum Gasteiger partial charge on any atom is 0.522 e. The second-order valence-corrected chi connectivity index (χ2v) is 8.06. The molecule has 0 aliphatic carbocycles. The molecule has 7 nitrogen and oxygen atoms in total. The van der Waals surface area contributed by atoms with Gasteiger partial charge in [0.1, 0.15) is 18.1 Å². The first kappa shape index (κ1) is 24.4. The Bertz CT molecular complexity index is 1020. The van der Waals surface area contributed by atoms with Gasteiger partial charge in [-0.15, -0.1) is 13.2 Å². The molecule has 3 rings (SSSR count). The number of halogens is 4. The van der Waals surface area contributed by atoms with E-state index in [0.717, 1.165) is 0 Å². The second-order valence-electron chi connectivity index (χ2n) is 7.66. The molecule has 0 bridgehead atoms. The molecule has 2 heterocycles. The first-order valence-corrected chi connectivity index (χ1v) is 10.3. The molecule has 1 aromatic heterocycles. The number of aliphatic hydroxyl groups is 2. The van der Waals surface area contributed by atoms with Crippen LogP contribution in [-0.2, 0) is 4.74 Å². The molecular formula is C21H23ClF3NO6. The van der Waals surface area contributed by atoms with Crippen LogP contribution in [0.15, 0.2) is 29.2 Å². The van der Waals surface area contributed by atoms with Crippen molar-refractivity contribution in [2.24, 2.45) is 5.92 Å². The summed E-state index contributed by atoms with van der Waals surface area (Å²) in [5.41, 5.74) is 0.275. The standard InChI is InChI=1S/C21H23ClF3NO6/c1-11(2)16-10-31-18-8-19(30-4-3-5-32-21(23,24)25)14(22)6-12(18)15-7-17(27)13(20(28)29)9-26(15)16/h6-9,11,16,20,28-29H,3-5,10H2,1-2H3/t16-/m0/s1. The van der Waals surface area contributed by atoms with Crippen LogP contribution in [0.2, 0.25) is 5.02 Å². The van der Waals surface area contributed by atoms with Crippen molar-refractivity contribution in [1.82, 2.24) is 4.57 Å². The third-order valence-electron chi connectivity index (χ3n) is 5.05. The number of fused-ring (bicyclic) bond motifs is 3. The summed E-state index contributed by atoms with van der Waals surface area (Å²) in [4.78, 5) is 12.4. The highest BCUT2D eigenvalue weighted by Gasteiger charge is 2.29. The summed E-state index contributed by atoms with van der Waals surface area (Å²) in [7, 11) is 0. The van der Waals surface area contributed by atoms with Gasteiger partial charge in [0.15, 0.2) is 11.7 Å². The minimum Gasteiger partial charge on any atom is -0.492 e. The van der Waals surface area contributed by atoms with E-state index in [0.29, 0.717) is 17.0 Å². The van der Waals surface area contributed by atoms with Crippen molar-refractivity contribution in [3.63, 3.8) is 0 Å². The molecule has 0 unspecified atom stereocenters. The largest absolute Gasteiger partial charge is 0.522 e. The van der Waals surface area contributed by atoms with Crippen molar-refractivity contribution in [3.8, 4) is 22.8 Å². The SMILES string of the molecule is CC(C)[C@@H]1COc2cc(OCCCOC(F)(F)F)c(Cl)cc2-c2cc(=O)c(C(O)O)cn21. The molecule has 0 saturated carbocycles. The lowest BCUT2D eigenvalue weighted by Crippen LogP contribution is -2.25. The molecule has 0 amide bonds. The van der Waals surface area contributed by atoms with Crippen LogP contribution in [0.5, 0.6) is 11.5 Å². The van der Waals surface area contributed by atoms with Crippen LogP contribution in [0, 0.1) is 5.92 Å². The zero-order valence-electron chi connectivity index (χ0n) is 17.4. The van der Waals surface area contributed by atoms with Crippen molar-refractivity contribution in [3.05, 3.63) is 45.2 Å². The Morgan fingerprint density at radius 1 is 1.25 bits per heavy atom. The van der Waals surface area contributed by atoms with Crippen molar-refractivity contribution in [1.29, 1.82) is 0 Å². The summed E-state index contributed by atoms with van der Waals surface area (Å²) in [5.74, 6) is 0.676. The molecule has 176 valence electrons. The number of alkyl halides is 3. The molecule has 2 N–H and O–H groups in total. The van der Waals surface area contributed by atoms with E-state index < -0.39 is 24.7 Å². The first-order valence-electron chi connectivity index (χ1n) is 9.90. The fourth-order valence-electron chi connectivity index (χ4n) is 3.41. The Balaban J connectivity index is 1.92. The van der Waals surface area contributed by atoms with Crippen LogP contribution in [0.3, 0.4) is 0 Å². The van der Waals surface area contributed by atoms with Gasteiger partial charge in [-0.2, -0.15) is 0 Å². The molecule has 11 heteroatoms. The first-order chi connectivity index (χ1) is 15.0. The zero-order valence-corrected chi connectivity index (χ0v) is 18.1. The van der Waals surface area contributed by atoms with E-state index in [-0.39, 0.29) is 47.9 Å². The highest BCUT2D eigenvalue weighted by molar-refractivity contribution is 6.32. The van der Waals surface area contributed by atoms with Gasteiger partial charge in [0.2, 0.25) is 0 Å². The van der Waals surface area contributed by atoms with Crippen LogP contribution in [-0.4, -0.2) is 41.0 Å². The number of aromatic nitrogens is 1. The molecule has 1 aromatic carbocycles. The zero-order chi connectivity index (χ0) is 23.6. The third kappa shape index (κ3) is 5.55. The Morgan fingerprint density at radius 3 is 2.59 bits per heavy atom. The van der Waals surface area contributed by atoms with Crippen molar-refractivity contribution in [2.45, 2.75) is 39.0 Å². The van der Waals surface area contributed by atoms with Gasteiger partial charge >= 0.3 is 6.36 Å². The Morgan fingerprint density at radius 2 is 1.97 bits per heavy atom. The number of ether oxygens (including phenoxy) is 3. The van der Waals surface area contributed by atoms with Crippen LogP contribution in [0.25, 0.3) is 11.3 Å². The summed E-state index contributed by atoms with van der Waals surface area (Å²) in [5, 5.41) is 19.3. The van der Waals surface area contributed by atoms with Gasteiger partial charge in [0.25, 0.3) is 0 Å². The van der Waals surface area contributed by atoms with Crippen molar-refractivity contribution >= 4 is 11.6 Å². The molecule has 2 aromatic rings. The molecule has 1 aliphatic rings. The number of hydrogen-bond acceptors (Lipinski definition) is 6. The van der Waals surface area contributed by atoms with Gasteiger partial charge < -0.3 is 24.3 Å². The van der Waals surface area contributed by atoms with Crippen LogP contribution < -0.4 is 14.9 Å². The fraction of sp³-hybridized carbons (Fsp3) is 0.476. The average molecular weight is 478 g/mol. The monoisotopic (exact) mass is 477 g/mol. The predicted octanol–water partition coefficient (Wildman–Crippen LogP) is 4.05. The van der Waals surface area contributed by atoms with E-state index in [2.05, 4.69) is 4.74 Å². The molecule has 1 atom stereocenters. The van der Waals surface area contributed by atoms with Gasteiger partial charge in [-0.25, -0.2) is 0 Å². The molecular weight excluding hydrogens is 455 g/mol. The third-order valence-corrected chi connectivity index (χ3v) is 5.34. The summed E-state index contributed by atoms with van der Waals surface area (Å²) in [6, 6.07) is 4.14. The lowest BCUT2D eigenvalue weighted by molar-refractivity contribution is -0.324. The second kappa shape index (κ2) is 9.70. The van der Waals surface area contributed by atoms with Crippen LogP contribution in [0.4, 0.5) is 13.2 Å². The molecule has 32 heavy (non-hydrogen) atoms. The number of hydrogen-bond donors (Lipinski definition) is 2. The number of benzene rings is 1. The minimum atomic E-state index is -4.69. The highest BCUT2D eigenvalue weighted by atomic mass is 35.5. The molecule has 0 fully saturated rings. The number of rotatable bonds is 7. The molecule has 0 radical (unpaired) electrons. The van der Waals surface area contributed by atoms with Crippen LogP contribution in [0.1, 0.15) is 38.2 Å². The molecule has 0 spiro atoms. The Labute approximate surface area is 186 Å². The maximum absolute atomic E-state index is 12.4. The lowest BCUT2D eigenvalue weighted by atomic mass is 10.0. The molecule has 1 aliphatic heterocycles. The van der Waals surface area contributed by atoms with Crippen LogP contribution >= 0.6 is 11.6 Å². The fourth-order valence-corrected chi connectivity index (χ4v) is 3.63. The smallest absolute Gasteiger partial charge is 0.492 e. The summed E-state index contributed by atoms with van der Waals surface area (Å²) >= 11 is 6.33. The van der Waals surface area contributed by atoms with Gasteiger partial charge in [0, 0.05) is 30.3 Å². The van der Waals surface area contributed by atoms with Gasteiger partial charge in [-0.05, 0) is 12.0 Å². The number of aliphatic hydroxyl groups excluding tert-OH is 1. The van der Waals surface area contributed by atoms with Gasteiger partial charge in [-0.3, -0.25) is 9.53 Å². The van der Waals surface area contributed by atoms with Gasteiger partial charge in [-0.1, -0.05) is 25.4 Å². The summed E-state index contributed by atoms with van der Waals surface area (Å²) in [6.45, 7) is 3.55. The van der Waals surface area contributed by atoms with E-state index in [4.69, 9.17) is 21.1 Å². The highest BCUT2D eigenvalue weighted by Crippen LogP contribution is 2.42. The predicted molar refractivity (Wildman–Crippen MR) is 110 cm³/mol. The van der Waals surface area contributed by atoms with E-state index >= 15 is 0 Å². The normalized spacial score (nSPS) is 15.9. The minimum absolute atomic E-state index is 0.00626. The Kier molecular flexibility index (Phi) is 7.39. The molecule has 0 saturated heterocycles. The summed E-state index contributed by atoms with van der Waals surface area (Å²) < 4.78 is 53.1. The maximum atomic E-state index is 12.4. The topological polar surface area (TPSA) is 90.2 Å². The lowest BCUT2D eigenvalue weighted by Gasteiger charge is -2.25. The van der Waals surface area contributed by atoms with Crippen molar-refractivity contribution < 1.29 is 37.6 Å². The summed E-state index contributed by atoms with van der Waals surface area (Å²) in [6.07, 6.45) is -5.21. The Hall–Kier alpha value is -2.27. The number of pyridine rings is 1. The van der Waals surface area contributed by atoms with E-state index in [1.807, 2.05) is 13.8 Å². The van der Waals surface area contributed by atoms with E-state index in [9.17, 15) is 28.2 Å². The quantitative estimate of drug-likeness (QED) is 0.462.